The highest BCUT2D eigenvalue weighted by Crippen LogP contribution is 2.28. The van der Waals surface area contributed by atoms with Crippen molar-refractivity contribution in [3.05, 3.63) is 48.5 Å². The van der Waals surface area contributed by atoms with Gasteiger partial charge in [-0.1, -0.05) is 19.1 Å². The monoisotopic (exact) mass is 408 g/mol. The van der Waals surface area contributed by atoms with Gasteiger partial charge < -0.3 is 10.1 Å². The average molecular weight is 409 g/mol. The van der Waals surface area contributed by atoms with Crippen molar-refractivity contribution in [2.24, 2.45) is 0 Å². The van der Waals surface area contributed by atoms with Gasteiger partial charge in [-0.25, -0.2) is 8.42 Å². The third-order valence-electron chi connectivity index (χ3n) is 4.02. The van der Waals surface area contributed by atoms with Gasteiger partial charge in [0, 0.05) is 4.90 Å². The summed E-state index contributed by atoms with van der Waals surface area (Å²) in [5.74, 6) is 0.235. The molecule has 0 fully saturated rings. The smallest absolute Gasteiger partial charge is 0.248 e. The van der Waals surface area contributed by atoms with Crippen LogP contribution >= 0.6 is 11.8 Å². The Balaban J connectivity index is 2.38. The van der Waals surface area contributed by atoms with Crippen LogP contribution < -0.4 is 14.4 Å². The fraction of sp³-hybridized carbons (Fsp3) is 0.316. The molecule has 0 saturated heterocycles. The summed E-state index contributed by atoms with van der Waals surface area (Å²) in [4.78, 5) is 13.9. The highest BCUT2D eigenvalue weighted by molar-refractivity contribution is 7.98. The van der Waals surface area contributed by atoms with E-state index in [2.05, 4.69) is 5.32 Å². The first-order chi connectivity index (χ1) is 12.8. The van der Waals surface area contributed by atoms with E-state index in [1.54, 1.807) is 37.3 Å². The molecular weight excluding hydrogens is 384 g/mol. The first kappa shape index (κ1) is 21.1. The Bertz CT molecular complexity index is 883. The van der Waals surface area contributed by atoms with E-state index >= 15 is 0 Å². The second-order valence-corrected chi connectivity index (χ2v) is 8.58. The molecule has 2 aromatic rings. The average Bonchev–Trinajstić information content (AvgIpc) is 2.65. The number of thioether (sulfide) groups is 1. The Labute approximate surface area is 165 Å². The molecule has 8 heteroatoms. The third kappa shape index (κ3) is 5.17. The minimum atomic E-state index is -3.68. The number of hydrogen-bond donors (Lipinski definition) is 1. The van der Waals surface area contributed by atoms with E-state index in [9.17, 15) is 13.2 Å². The fourth-order valence-electron chi connectivity index (χ4n) is 2.75. The Morgan fingerprint density at radius 1 is 1.19 bits per heavy atom. The van der Waals surface area contributed by atoms with Crippen molar-refractivity contribution in [3.8, 4) is 5.75 Å². The summed E-state index contributed by atoms with van der Waals surface area (Å²) in [6.45, 7) is 1.78. The highest BCUT2D eigenvalue weighted by atomic mass is 32.2. The van der Waals surface area contributed by atoms with E-state index in [0.29, 0.717) is 23.5 Å². The van der Waals surface area contributed by atoms with Crippen LogP contribution in [0.1, 0.15) is 13.3 Å². The number of rotatable bonds is 8. The molecule has 0 heterocycles. The molecule has 27 heavy (non-hydrogen) atoms. The summed E-state index contributed by atoms with van der Waals surface area (Å²) in [7, 11) is -2.14. The molecule has 0 aliphatic heterocycles. The number of nitrogens with zero attached hydrogens (tertiary/aromatic N) is 1. The molecular formula is C19H24N2O4S2. The number of para-hydroxylation sites is 1. The number of carbonyl (C=O) groups is 1. The van der Waals surface area contributed by atoms with Crippen LogP contribution in [0.2, 0.25) is 0 Å². The zero-order valence-corrected chi connectivity index (χ0v) is 17.4. The molecule has 0 aromatic heterocycles. The van der Waals surface area contributed by atoms with Crippen molar-refractivity contribution in [3.63, 3.8) is 0 Å². The fourth-order valence-corrected chi connectivity index (χ4v) is 4.52. The van der Waals surface area contributed by atoms with Gasteiger partial charge in [-0.3, -0.25) is 9.10 Å². The molecule has 2 rings (SSSR count). The van der Waals surface area contributed by atoms with Crippen molar-refractivity contribution < 1.29 is 17.9 Å². The van der Waals surface area contributed by atoms with Gasteiger partial charge in [-0.2, -0.15) is 0 Å². The summed E-state index contributed by atoms with van der Waals surface area (Å²) < 4.78 is 31.2. The second-order valence-electron chi connectivity index (χ2n) is 5.87. The Morgan fingerprint density at radius 3 is 2.33 bits per heavy atom. The molecule has 1 unspecified atom stereocenters. The van der Waals surface area contributed by atoms with E-state index in [1.165, 1.54) is 18.9 Å². The van der Waals surface area contributed by atoms with E-state index in [0.717, 1.165) is 15.5 Å². The SMILES string of the molecule is CCC(C(=O)Nc1ccccc1SC)N(c1ccc(OC)cc1)S(C)(=O)=O. The number of amides is 1. The molecule has 1 amide bonds. The number of hydrogen-bond acceptors (Lipinski definition) is 5. The minimum absolute atomic E-state index is 0.326. The van der Waals surface area contributed by atoms with Crippen LogP contribution in [-0.2, 0) is 14.8 Å². The lowest BCUT2D eigenvalue weighted by atomic mass is 10.1. The molecule has 0 saturated carbocycles. The highest BCUT2D eigenvalue weighted by Gasteiger charge is 2.31. The van der Waals surface area contributed by atoms with Gasteiger partial charge in [-0.15, -0.1) is 11.8 Å². The topological polar surface area (TPSA) is 75.7 Å². The molecule has 0 spiro atoms. The van der Waals surface area contributed by atoms with Crippen molar-refractivity contribution in [2.45, 2.75) is 24.3 Å². The summed E-state index contributed by atoms with van der Waals surface area (Å²) in [6, 6.07) is 13.1. The number of ether oxygens (including phenoxy) is 1. The van der Waals surface area contributed by atoms with Gasteiger partial charge in [0.2, 0.25) is 15.9 Å². The predicted octanol–water partition coefficient (Wildman–Crippen LogP) is 3.60. The zero-order chi connectivity index (χ0) is 20.0. The van der Waals surface area contributed by atoms with Gasteiger partial charge in [-0.05, 0) is 49.1 Å². The van der Waals surface area contributed by atoms with Crippen LogP contribution in [-0.4, -0.2) is 40.0 Å². The molecule has 146 valence electrons. The summed E-state index contributed by atoms with van der Waals surface area (Å²) in [5.41, 5.74) is 1.08. The van der Waals surface area contributed by atoms with Crippen molar-refractivity contribution in [1.29, 1.82) is 0 Å². The largest absolute Gasteiger partial charge is 0.497 e. The van der Waals surface area contributed by atoms with Gasteiger partial charge in [0.1, 0.15) is 11.8 Å². The van der Waals surface area contributed by atoms with Crippen LogP contribution in [0.3, 0.4) is 0 Å². The lowest BCUT2D eigenvalue weighted by molar-refractivity contribution is -0.117. The molecule has 1 N–H and O–H groups in total. The first-order valence-corrected chi connectivity index (χ1v) is 11.5. The molecule has 0 aliphatic rings. The van der Waals surface area contributed by atoms with Crippen molar-refractivity contribution >= 4 is 39.1 Å². The number of carbonyl (C=O) groups excluding carboxylic acids is 1. The summed E-state index contributed by atoms with van der Waals surface area (Å²) in [5, 5.41) is 2.87. The molecule has 0 radical (unpaired) electrons. The molecule has 1 atom stereocenters. The molecule has 0 bridgehead atoms. The van der Waals surface area contributed by atoms with Crippen molar-refractivity contribution in [2.75, 3.05) is 29.2 Å². The maximum absolute atomic E-state index is 12.9. The first-order valence-electron chi connectivity index (χ1n) is 8.39. The Hall–Kier alpha value is -2.19. The quantitative estimate of drug-likeness (QED) is 0.676. The number of sulfonamides is 1. The van der Waals surface area contributed by atoms with Crippen molar-refractivity contribution in [1.82, 2.24) is 0 Å². The number of benzene rings is 2. The van der Waals surface area contributed by atoms with Crippen LogP contribution in [0.15, 0.2) is 53.4 Å². The van der Waals surface area contributed by atoms with Gasteiger partial charge >= 0.3 is 0 Å². The second kappa shape index (κ2) is 9.14. The minimum Gasteiger partial charge on any atom is -0.497 e. The number of methoxy groups -OCH3 is 1. The lowest BCUT2D eigenvalue weighted by Crippen LogP contribution is -2.47. The van der Waals surface area contributed by atoms with Crippen LogP contribution in [0.4, 0.5) is 11.4 Å². The predicted molar refractivity (Wildman–Crippen MR) is 111 cm³/mol. The molecule has 2 aromatic carbocycles. The lowest BCUT2D eigenvalue weighted by Gasteiger charge is -2.30. The Kier molecular flexibility index (Phi) is 7.15. The molecule has 0 aliphatic carbocycles. The Morgan fingerprint density at radius 2 is 1.81 bits per heavy atom. The zero-order valence-electron chi connectivity index (χ0n) is 15.8. The maximum Gasteiger partial charge on any atom is 0.248 e. The van der Waals surface area contributed by atoms with E-state index in [4.69, 9.17) is 4.74 Å². The van der Waals surface area contributed by atoms with Crippen LogP contribution in [0.25, 0.3) is 0 Å². The number of nitrogens with one attached hydrogen (secondary N) is 1. The van der Waals surface area contributed by atoms with Gasteiger partial charge in [0.25, 0.3) is 0 Å². The summed E-state index contributed by atoms with van der Waals surface area (Å²) >= 11 is 1.51. The number of anilines is 2. The van der Waals surface area contributed by atoms with Crippen LogP contribution in [0.5, 0.6) is 5.75 Å². The van der Waals surface area contributed by atoms with Crippen LogP contribution in [0, 0.1) is 0 Å². The normalized spacial score (nSPS) is 12.3. The van der Waals surface area contributed by atoms with E-state index < -0.39 is 16.1 Å². The standard InChI is InChI=1S/C19H24N2O4S2/c1-5-17(19(22)20-16-8-6-7-9-18(16)26-3)21(27(4,23)24)14-10-12-15(25-2)13-11-14/h6-13,17H,5H2,1-4H3,(H,20,22). The third-order valence-corrected chi connectivity index (χ3v) is 6.00. The molecule has 6 nitrogen and oxygen atoms in total. The van der Waals surface area contributed by atoms with Gasteiger partial charge in [0.15, 0.2) is 0 Å². The van der Waals surface area contributed by atoms with Gasteiger partial charge in [0.05, 0.1) is 24.7 Å². The van der Waals surface area contributed by atoms with E-state index in [-0.39, 0.29) is 5.91 Å². The van der Waals surface area contributed by atoms with E-state index in [1.807, 2.05) is 24.5 Å². The maximum atomic E-state index is 12.9. The summed E-state index contributed by atoms with van der Waals surface area (Å²) in [6.07, 6.45) is 3.35.